The smallest absolute Gasteiger partial charge is 0.229 e. The number of nitriles is 2. The van der Waals surface area contributed by atoms with Crippen molar-refractivity contribution in [3.05, 3.63) is 75.6 Å². The van der Waals surface area contributed by atoms with Crippen molar-refractivity contribution in [2.75, 3.05) is 0 Å². The van der Waals surface area contributed by atoms with Crippen molar-refractivity contribution in [2.24, 2.45) is 5.73 Å². The summed E-state index contributed by atoms with van der Waals surface area (Å²) in [4.78, 5) is 3.11. The number of nitrogens with one attached hydrogen (secondary N) is 1. The minimum Gasteiger partial charge on any atom is -0.422 e. The first-order valence-corrected chi connectivity index (χ1v) is 8.79. The van der Waals surface area contributed by atoms with Gasteiger partial charge >= 0.3 is 0 Å². The topological polar surface area (TPSA) is 116 Å². The van der Waals surface area contributed by atoms with E-state index in [-0.39, 0.29) is 5.88 Å². The third-order valence-electron chi connectivity index (χ3n) is 5.13. The molecule has 0 saturated heterocycles. The standard InChI is InChI=1S/C21H18N6O/c1-11-16(10-23)25-12(2)17(11)19-15(9-22)20(24)28-21-18(19)13(3)26-27(21)14-7-5-4-6-8-14/h4-8,19,25H,24H2,1-3H3/t19-/m0/s1. The van der Waals surface area contributed by atoms with Gasteiger partial charge in [0.1, 0.15) is 23.4 Å². The van der Waals surface area contributed by atoms with Crippen molar-refractivity contribution in [1.29, 1.82) is 10.5 Å². The maximum Gasteiger partial charge on any atom is 0.229 e. The van der Waals surface area contributed by atoms with Gasteiger partial charge in [0.05, 0.1) is 22.9 Å². The lowest BCUT2D eigenvalue weighted by atomic mass is 9.82. The van der Waals surface area contributed by atoms with Crippen LogP contribution in [0.5, 0.6) is 5.88 Å². The van der Waals surface area contributed by atoms with E-state index in [4.69, 9.17) is 10.5 Å². The molecule has 3 N–H and O–H groups in total. The van der Waals surface area contributed by atoms with Gasteiger partial charge in [-0.3, -0.25) is 0 Å². The Labute approximate surface area is 162 Å². The number of para-hydroxylation sites is 1. The molecular weight excluding hydrogens is 352 g/mol. The van der Waals surface area contributed by atoms with Gasteiger partial charge in [-0.2, -0.15) is 15.6 Å². The van der Waals surface area contributed by atoms with Gasteiger partial charge in [-0.25, -0.2) is 4.68 Å². The molecule has 138 valence electrons. The molecular formula is C21H18N6O. The van der Waals surface area contributed by atoms with Gasteiger partial charge in [-0.1, -0.05) is 18.2 Å². The molecule has 0 radical (unpaired) electrons. The van der Waals surface area contributed by atoms with Crippen LogP contribution in [0.15, 0.2) is 41.8 Å². The molecule has 1 aliphatic rings. The van der Waals surface area contributed by atoms with E-state index in [1.54, 1.807) is 4.68 Å². The number of aromatic nitrogens is 3. The SMILES string of the molecule is Cc1nn(-c2ccccc2)c2c1[C@H](c1c(C)[nH]c(C#N)c1C)C(C#N)=C(N)O2. The van der Waals surface area contributed by atoms with Gasteiger partial charge in [-0.15, -0.1) is 0 Å². The molecule has 1 aromatic carbocycles. The number of nitrogens with two attached hydrogens (primary N) is 1. The zero-order chi connectivity index (χ0) is 20.0. The lowest BCUT2D eigenvalue weighted by Gasteiger charge is -2.25. The van der Waals surface area contributed by atoms with E-state index in [9.17, 15) is 10.5 Å². The first kappa shape index (κ1) is 17.4. The summed E-state index contributed by atoms with van der Waals surface area (Å²) < 4.78 is 7.56. The van der Waals surface area contributed by atoms with Crippen LogP contribution in [-0.2, 0) is 0 Å². The van der Waals surface area contributed by atoms with E-state index in [0.717, 1.165) is 33.8 Å². The number of allylic oxidation sites excluding steroid dienone is 1. The van der Waals surface area contributed by atoms with Crippen LogP contribution in [0.4, 0.5) is 0 Å². The quantitative estimate of drug-likeness (QED) is 0.718. The van der Waals surface area contributed by atoms with E-state index >= 15 is 0 Å². The first-order valence-electron chi connectivity index (χ1n) is 8.79. The number of hydrogen-bond acceptors (Lipinski definition) is 5. The highest BCUT2D eigenvalue weighted by Crippen LogP contribution is 2.46. The number of fused-ring (bicyclic) bond motifs is 1. The van der Waals surface area contributed by atoms with Crippen molar-refractivity contribution >= 4 is 0 Å². The Morgan fingerprint density at radius 2 is 1.82 bits per heavy atom. The third-order valence-corrected chi connectivity index (χ3v) is 5.13. The summed E-state index contributed by atoms with van der Waals surface area (Å²) in [5.41, 5.74) is 11.8. The fourth-order valence-electron chi connectivity index (χ4n) is 3.86. The van der Waals surface area contributed by atoms with Crippen molar-refractivity contribution in [3.8, 4) is 23.7 Å². The predicted octanol–water partition coefficient (Wildman–Crippen LogP) is 3.22. The molecule has 3 aromatic rings. The number of ether oxygens (including phenoxy) is 1. The average Bonchev–Trinajstić information content (AvgIpc) is 3.17. The van der Waals surface area contributed by atoms with Crippen molar-refractivity contribution in [2.45, 2.75) is 26.7 Å². The van der Waals surface area contributed by atoms with E-state index in [0.29, 0.717) is 17.1 Å². The Balaban J connectivity index is 2.02. The number of hydrogen-bond donors (Lipinski definition) is 2. The summed E-state index contributed by atoms with van der Waals surface area (Å²) in [5, 5.41) is 23.9. The normalized spacial score (nSPS) is 15.5. The average molecular weight is 370 g/mol. The second-order valence-corrected chi connectivity index (χ2v) is 6.75. The number of rotatable bonds is 2. The Bertz CT molecular complexity index is 1200. The molecule has 0 bridgehead atoms. The van der Waals surface area contributed by atoms with Crippen LogP contribution in [-0.4, -0.2) is 14.8 Å². The molecule has 7 heteroatoms. The van der Waals surface area contributed by atoms with Crippen LogP contribution in [0.1, 0.15) is 39.7 Å². The highest BCUT2D eigenvalue weighted by atomic mass is 16.5. The molecule has 3 heterocycles. The highest BCUT2D eigenvalue weighted by molar-refractivity contribution is 5.60. The van der Waals surface area contributed by atoms with Crippen LogP contribution < -0.4 is 10.5 Å². The maximum atomic E-state index is 9.81. The fraction of sp³-hybridized carbons (Fsp3) is 0.190. The van der Waals surface area contributed by atoms with Crippen molar-refractivity contribution in [1.82, 2.24) is 14.8 Å². The number of benzene rings is 1. The second-order valence-electron chi connectivity index (χ2n) is 6.75. The maximum absolute atomic E-state index is 9.81. The lowest BCUT2D eigenvalue weighted by Crippen LogP contribution is -2.22. The molecule has 7 nitrogen and oxygen atoms in total. The van der Waals surface area contributed by atoms with Crippen molar-refractivity contribution < 1.29 is 4.74 Å². The molecule has 0 saturated carbocycles. The van der Waals surface area contributed by atoms with Gasteiger partial charge in [0.2, 0.25) is 11.8 Å². The van der Waals surface area contributed by atoms with Gasteiger partial charge in [0.15, 0.2) is 0 Å². The second kappa shape index (κ2) is 6.33. The van der Waals surface area contributed by atoms with Gasteiger partial charge in [-0.05, 0) is 44.0 Å². The van der Waals surface area contributed by atoms with Gasteiger partial charge in [0, 0.05) is 5.69 Å². The molecule has 1 atom stereocenters. The highest BCUT2D eigenvalue weighted by Gasteiger charge is 2.38. The largest absolute Gasteiger partial charge is 0.422 e. The predicted molar refractivity (Wildman–Crippen MR) is 103 cm³/mol. The zero-order valence-corrected chi connectivity index (χ0v) is 15.7. The van der Waals surface area contributed by atoms with Crippen molar-refractivity contribution in [3.63, 3.8) is 0 Å². The number of H-pyrrole nitrogens is 1. The molecule has 2 aromatic heterocycles. The third kappa shape index (κ3) is 2.38. The molecule has 0 spiro atoms. The zero-order valence-electron chi connectivity index (χ0n) is 15.7. The summed E-state index contributed by atoms with van der Waals surface area (Å²) in [6, 6.07) is 14.0. The Morgan fingerprint density at radius 3 is 2.43 bits per heavy atom. The number of aromatic amines is 1. The Hall–Kier alpha value is -3.97. The van der Waals surface area contributed by atoms with Crippen LogP contribution in [0.3, 0.4) is 0 Å². The molecule has 1 aliphatic heterocycles. The molecule has 28 heavy (non-hydrogen) atoms. The lowest BCUT2D eigenvalue weighted by molar-refractivity contribution is 0.367. The van der Waals surface area contributed by atoms with Crippen LogP contribution in [0, 0.1) is 43.4 Å². The number of nitrogens with zero attached hydrogens (tertiary/aromatic N) is 4. The minimum absolute atomic E-state index is 0.0515. The van der Waals surface area contributed by atoms with Crippen LogP contribution >= 0.6 is 0 Å². The molecule has 0 amide bonds. The summed E-state index contributed by atoms with van der Waals surface area (Å²) >= 11 is 0. The van der Waals surface area contributed by atoms with Crippen LogP contribution in [0.25, 0.3) is 5.69 Å². The minimum atomic E-state index is -0.454. The van der Waals surface area contributed by atoms with E-state index < -0.39 is 5.92 Å². The summed E-state index contributed by atoms with van der Waals surface area (Å²) in [6.07, 6.45) is 0. The van der Waals surface area contributed by atoms with E-state index in [1.807, 2.05) is 51.1 Å². The molecule has 0 aliphatic carbocycles. The first-order chi connectivity index (χ1) is 13.5. The molecule has 0 fully saturated rings. The Morgan fingerprint density at radius 1 is 1.11 bits per heavy atom. The monoisotopic (exact) mass is 370 g/mol. The summed E-state index contributed by atoms with van der Waals surface area (Å²) in [6.45, 7) is 5.64. The van der Waals surface area contributed by atoms with Crippen LogP contribution in [0.2, 0.25) is 0 Å². The summed E-state index contributed by atoms with van der Waals surface area (Å²) in [7, 11) is 0. The van der Waals surface area contributed by atoms with E-state index in [2.05, 4.69) is 22.2 Å². The fourth-order valence-corrected chi connectivity index (χ4v) is 3.86. The number of aryl methyl sites for hydroxylation is 2. The summed E-state index contributed by atoms with van der Waals surface area (Å²) in [5.74, 6) is 0.0869. The Kier molecular flexibility index (Phi) is 3.94. The molecule has 0 unspecified atom stereocenters. The van der Waals surface area contributed by atoms with Gasteiger partial charge < -0.3 is 15.5 Å². The van der Waals surface area contributed by atoms with E-state index in [1.165, 1.54) is 0 Å². The molecule has 4 rings (SSSR count). The van der Waals surface area contributed by atoms with Gasteiger partial charge in [0.25, 0.3) is 0 Å².